The summed E-state index contributed by atoms with van der Waals surface area (Å²) in [5, 5.41) is 11.5. The van der Waals surface area contributed by atoms with E-state index in [1.54, 1.807) is 36.4 Å². The number of hydrogen-bond donors (Lipinski definition) is 3. The Balaban J connectivity index is 1.31. The minimum Gasteiger partial charge on any atom is -0.398 e. The summed E-state index contributed by atoms with van der Waals surface area (Å²) in [5.41, 5.74) is 10.2. The molecule has 2 aliphatic heterocycles. The lowest BCUT2D eigenvalue weighted by Gasteiger charge is -2.36. The van der Waals surface area contributed by atoms with E-state index < -0.39 is 0 Å². The van der Waals surface area contributed by atoms with Gasteiger partial charge in [0.05, 0.1) is 5.71 Å². The van der Waals surface area contributed by atoms with Gasteiger partial charge in [0.15, 0.2) is 0 Å². The van der Waals surface area contributed by atoms with E-state index in [9.17, 15) is 9.18 Å². The van der Waals surface area contributed by atoms with Crippen molar-refractivity contribution in [2.24, 2.45) is 0 Å². The normalized spacial score (nSPS) is 19.1. The SMILES string of the molecule is N=C(c1ccc(N2C3CCCC2CC3)cc1)c1cc(C(=O)NCc2ccccc2F)ccc1N. The monoisotopic (exact) mass is 456 g/mol. The van der Waals surface area contributed by atoms with E-state index >= 15 is 0 Å². The highest BCUT2D eigenvalue weighted by Crippen LogP contribution is 2.39. The van der Waals surface area contributed by atoms with Crippen molar-refractivity contribution >= 4 is 23.0 Å². The third-order valence-corrected chi connectivity index (χ3v) is 7.13. The Hall–Kier alpha value is -3.67. The van der Waals surface area contributed by atoms with E-state index in [1.165, 1.54) is 43.9 Å². The number of amides is 1. The molecule has 3 aromatic rings. The van der Waals surface area contributed by atoms with E-state index in [1.807, 2.05) is 12.1 Å². The lowest BCUT2D eigenvalue weighted by Crippen LogP contribution is -2.39. The molecule has 0 aromatic heterocycles. The third kappa shape index (κ3) is 4.28. The van der Waals surface area contributed by atoms with Crippen LogP contribution in [0.15, 0.2) is 66.7 Å². The first-order valence-corrected chi connectivity index (χ1v) is 11.9. The van der Waals surface area contributed by atoms with Crippen molar-refractivity contribution in [1.82, 2.24) is 5.32 Å². The number of piperidine rings is 1. The zero-order chi connectivity index (χ0) is 23.7. The van der Waals surface area contributed by atoms with Crippen molar-refractivity contribution in [2.45, 2.75) is 50.7 Å². The molecule has 34 heavy (non-hydrogen) atoms. The minimum atomic E-state index is -0.358. The van der Waals surface area contributed by atoms with Crippen molar-refractivity contribution in [3.05, 3.63) is 94.8 Å². The van der Waals surface area contributed by atoms with Gasteiger partial charge in [-0.05, 0) is 68.5 Å². The molecule has 2 fully saturated rings. The molecular formula is C28H29FN4O. The number of nitrogens with one attached hydrogen (secondary N) is 2. The molecule has 0 radical (unpaired) electrons. The maximum atomic E-state index is 13.8. The highest BCUT2D eigenvalue weighted by Gasteiger charge is 2.36. The van der Waals surface area contributed by atoms with Gasteiger partial charge in [-0.25, -0.2) is 4.39 Å². The summed E-state index contributed by atoms with van der Waals surface area (Å²) in [6.07, 6.45) is 6.37. The van der Waals surface area contributed by atoms with Gasteiger partial charge in [-0.3, -0.25) is 10.2 Å². The molecule has 5 nitrogen and oxygen atoms in total. The number of anilines is 2. The second kappa shape index (κ2) is 9.29. The van der Waals surface area contributed by atoms with E-state index in [4.69, 9.17) is 11.1 Å². The van der Waals surface area contributed by atoms with Crippen molar-refractivity contribution < 1.29 is 9.18 Å². The fourth-order valence-corrected chi connectivity index (χ4v) is 5.33. The molecule has 5 rings (SSSR count). The molecule has 2 bridgehead atoms. The van der Waals surface area contributed by atoms with Crippen LogP contribution in [0.25, 0.3) is 0 Å². The smallest absolute Gasteiger partial charge is 0.251 e. The van der Waals surface area contributed by atoms with E-state index in [0.717, 1.165) is 5.56 Å². The molecule has 2 saturated heterocycles. The van der Waals surface area contributed by atoms with Crippen molar-refractivity contribution in [1.29, 1.82) is 5.41 Å². The largest absolute Gasteiger partial charge is 0.398 e. The third-order valence-electron chi connectivity index (χ3n) is 7.13. The van der Waals surface area contributed by atoms with Crippen LogP contribution in [0.3, 0.4) is 0 Å². The number of nitrogens with zero attached hydrogens (tertiary/aromatic N) is 1. The zero-order valence-corrected chi connectivity index (χ0v) is 19.1. The Kier molecular flexibility index (Phi) is 6.05. The second-order valence-corrected chi connectivity index (χ2v) is 9.22. The standard InChI is InChI=1S/C28H29FN4O/c29-25-7-2-1-4-20(25)17-32-28(34)19-10-15-26(30)24(16-19)27(31)18-8-11-23(12-9-18)33-21-5-3-6-22(33)14-13-21/h1-2,4,7-12,15-16,21-22,31H,3,5-6,13-14,17,30H2,(H,32,34). The number of halogens is 1. The molecule has 2 aliphatic rings. The number of rotatable bonds is 6. The number of nitrogens with two attached hydrogens (primary N) is 1. The predicted octanol–water partition coefficient (Wildman–Crippen LogP) is 5.28. The molecule has 0 spiro atoms. The van der Waals surface area contributed by atoms with E-state index in [2.05, 4.69) is 22.3 Å². The van der Waals surface area contributed by atoms with Gasteiger partial charge in [0.25, 0.3) is 5.91 Å². The molecule has 0 saturated carbocycles. The van der Waals surface area contributed by atoms with Gasteiger partial charge in [0.2, 0.25) is 0 Å². The number of hydrogen-bond acceptors (Lipinski definition) is 4. The van der Waals surface area contributed by atoms with Crippen LogP contribution in [0.2, 0.25) is 0 Å². The maximum Gasteiger partial charge on any atom is 0.251 e. The molecule has 3 aromatic carbocycles. The molecule has 0 aliphatic carbocycles. The second-order valence-electron chi connectivity index (χ2n) is 9.22. The van der Waals surface area contributed by atoms with Gasteiger partial charge in [-0.2, -0.15) is 0 Å². The first kappa shape index (κ1) is 22.1. The van der Waals surface area contributed by atoms with Gasteiger partial charge < -0.3 is 16.0 Å². The first-order valence-electron chi connectivity index (χ1n) is 11.9. The lowest BCUT2D eigenvalue weighted by atomic mass is 9.97. The molecule has 1 amide bonds. The van der Waals surface area contributed by atoms with Gasteiger partial charge in [-0.15, -0.1) is 0 Å². The number of carbonyl (C=O) groups is 1. The van der Waals surface area contributed by atoms with Gasteiger partial charge >= 0.3 is 0 Å². The quantitative estimate of drug-likeness (QED) is 0.349. The summed E-state index contributed by atoms with van der Waals surface area (Å²) in [4.78, 5) is 15.2. The first-order chi connectivity index (χ1) is 16.5. The van der Waals surface area contributed by atoms with Crippen molar-refractivity contribution in [2.75, 3.05) is 10.6 Å². The Morgan fingerprint density at radius 2 is 1.65 bits per heavy atom. The molecule has 2 unspecified atom stereocenters. The van der Waals surface area contributed by atoms with Crippen LogP contribution in [0.4, 0.5) is 15.8 Å². The van der Waals surface area contributed by atoms with Crippen LogP contribution in [-0.2, 0) is 6.54 Å². The molecular weight excluding hydrogens is 427 g/mol. The number of fused-ring (bicyclic) bond motifs is 2. The van der Waals surface area contributed by atoms with E-state index in [0.29, 0.717) is 34.5 Å². The fourth-order valence-electron chi connectivity index (χ4n) is 5.33. The van der Waals surface area contributed by atoms with Crippen LogP contribution < -0.4 is 16.0 Å². The van der Waals surface area contributed by atoms with Gasteiger partial charge in [-0.1, -0.05) is 30.3 Å². The average molecular weight is 457 g/mol. The number of benzene rings is 3. The average Bonchev–Trinajstić information content (AvgIpc) is 3.11. The van der Waals surface area contributed by atoms with Crippen LogP contribution in [0, 0.1) is 11.2 Å². The molecule has 6 heteroatoms. The lowest BCUT2D eigenvalue weighted by molar-refractivity contribution is 0.0950. The van der Waals surface area contributed by atoms with Crippen LogP contribution in [-0.4, -0.2) is 23.7 Å². The summed E-state index contributed by atoms with van der Waals surface area (Å²) < 4.78 is 13.8. The fraction of sp³-hybridized carbons (Fsp3) is 0.286. The van der Waals surface area contributed by atoms with E-state index in [-0.39, 0.29) is 24.0 Å². The van der Waals surface area contributed by atoms with Crippen LogP contribution in [0.1, 0.15) is 59.2 Å². The predicted molar refractivity (Wildman–Crippen MR) is 134 cm³/mol. The zero-order valence-electron chi connectivity index (χ0n) is 19.1. The Labute approximate surface area is 199 Å². The molecule has 174 valence electrons. The molecule has 2 heterocycles. The Bertz CT molecular complexity index is 1210. The maximum absolute atomic E-state index is 13.8. The summed E-state index contributed by atoms with van der Waals surface area (Å²) in [7, 11) is 0. The van der Waals surface area contributed by atoms with Crippen molar-refractivity contribution in [3.63, 3.8) is 0 Å². The Morgan fingerprint density at radius 3 is 2.35 bits per heavy atom. The highest BCUT2D eigenvalue weighted by atomic mass is 19.1. The van der Waals surface area contributed by atoms with Crippen LogP contribution >= 0.6 is 0 Å². The summed E-state index contributed by atoms with van der Waals surface area (Å²) in [5.74, 6) is -0.697. The van der Waals surface area contributed by atoms with Gasteiger partial charge in [0, 0.05) is 52.3 Å². The van der Waals surface area contributed by atoms with Crippen molar-refractivity contribution in [3.8, 4) is 0 Å². The number of carbonyl (C=O) groups excluding carboxylic acids is 1. The summed E-state index contributed by atoms with van der Waals surface area (Å²) in [6, 6.07) is 20.7. The Morgan fingerprint density at radius 1 is 0.971 bits per heavy atom. The number of nitrogen functional groups attached to an aromatic ring is 1. The van der Waals surface area contributed by atoms with Crippen LogP contribution in [0.5, 0.6) is 0 Å². The molecule has 2 atom stereocenters. The van der Waals surface area contributed by atoms with Gasteiger partial charge in [0.1, 0.15) is 5.82 Å². The summed E-state index contributed by atoms with van der Waals surface area (Å²) in [6.45, 7) is 0.0859. The topological polar surface area (TPSA) is 82.2 Å². The minimum absolute atomic E-state index is 0.0859. The highest BCUT2D eigenvalue weighted by molar-refractivity contribution is 6.15. The summed E-state index contributed by atoms with van der Waals surface area (Å²) >= 11 is 0. The molecule has 4 N–H and O–H groups in total.